The fourth-order valence-electron chi connectivity index (χ4n) is 7.66. The number of hydrogen-bond donors (Lipinski definition) is 3. The van der Waals surface area contributed by atoms with Gasteiger partial charge in [0.15, 0.2) is 0 Å². The first-order chi connectivity index (χ1) is 18.3. The molecule has 8 heteroatoms. The van der Waals surface area contributed by atoms with Gasteiger partial charge in [0.05, 0.1) is 29.2 Å². The van der Waals surface area contributed by atoms with Gasteiger partial charge in [-0.15, -0.1) is 11.8 Å². The van der Waals surface area contributed by atoms with Gasteiger partial charge < -0.3 is 20.6 Å². The summed E-state index contributed by atoms with van der Waals surface area (Å²) in [6.07, 6.45) is 7.64. The fourth-order valence-corrected chi connectivity index (χ4v) is 10.0. The molecule has 7 atom stereocenters. The molecule has 3 aliphatic heterocycles. The lowest BCUT2D eigenvalue weighted by molar-refractivity contribution is -0.144. The summed E-state index contributed by atoms with van der Waals surface area (Å²) in [5, 5.41) is 16.9. The van der Waals surface area contributed by atoms with Crippen LogP contribution in [-0.2, 0) is 20.9 Å². The Bertz CT molecular complexity index is 1050. The van der Waals surface area contributed by atoms with Gasteiger partial charge in [-0.2, -0.15) is 0 Å². The fraction of sp³-hybridized carbons (Fsp3) is 0.700. The molecule has 2 unspecified atom stereocenters. The zero-order valence-electron chi connectivity index (χ0n) is 22.9. The van der Waals surface area contributed by atoms with Crippen molar-refractivity contribution in [3.05, 3.63) is 35.9 Å². The number of likely N-dealkylation sites (tertiary alicyclic amines) is 1. The minimum atomic E-state index is -0.674. The molecule has 0 aromatic heterocycles. The first-order valence-electron chi connectivity index (χ1n) is 14.5. The Kier molecular flexibility index (Phi) is 7.84. The molecule has 7 nitrogen and oxygen atoms in total. The number of rotatable bonds is 9. The smallest absolute Gasteiger partial charge is 0.244 e. The lowest BCUT2D eigenvalue weighted by Crippen LogP contribution is -2.59. The van der Waals surface area contributed by atoms with E-state index in [9.17, 15) is 19.5 Å². The zero-order valence-corrected chi connectivity index (χ0v) is 23.8. The van der Waals surface area contributed by atoms with E-state index in [4.69, 9.17) is 0 Å². The Hall–Kier alpha value is -2.06. The number of nitrogens with zero attached hydrogens (tertiary/aromatic N) is 1. The maximum absolute atomic E-state index is 14.4. The largest absolute Gasteiger partial charge is 0.394 e. The van der Waals surface area contributed by atoms with Crippen molar-refractivity contribution in [2.45, 2.75) is 106 Å². The average Bonchev–Trinajstić information content (AvgIpc) is 3.49. The third kappa shape index (κ3) is 4.55. The van der Waals surface area contributed by atoms with Crippen LogP contribution in [0.3, 0.4) is 0 Å². The second-order valence-corrected chi connectivity index (χ2v) is 14.1. The molecule has 3 heterocycles. The van der Waals surface area contributed by atoms with Crippen molar-refractivity contribution in [1.82, 2.24) is 15.5 Å². The van der Waals surface area contributed by atoms with E-state index in [1.165, 1.54) is 6.42 Å². The van der Waals surface area contributed by atoms with E-state index in [1.807, 2.05) is 44.2 Å². The topological polar surface area (TPSA) is 98.7 Å². The Morgan fingerprint density at radius 2 is 1.84 bits per heavy atom. The molecule has 2 bridgehead atoms. The van der Waals surface area contributed by atoms with Crippen LogP contribution >= 0.6 is 11.8 Å². The molecule has 1 aromatic carbocycles. The molecule has 4 aliphatic rings. The Morgan fingerprint density at radius 1 is 1.13 bits per heavy atom. The first-order valence-corrected chi connectivity index (χ1v) is 15.3. The van der Waals surface area contributed by atoms with Crippen molar-refractivity contribution >= 4 is 29.5 Å². The van der Waals surface area contributed by atoms with Crippen molar-refractivity contribution in [1.29, 1.82) is 0 Å². The Morgan fingerprint density at radius 3 is 2.50 bits per heavy atom. The summed E-state index contributed by atoms with van der Waals surface area (Å²) in [5.74, 6) is -1.39. The molecule has 3 amide bonds. The van der Waals surface area contributed by atoms with Gasteiger partial charge in [-0.3, -0.25) is 14.4 Å². The molecule has 1 saturated carbocycles. The minimum Gasteiger partial charge on any atom is -0.394 e. The molecule has 3 N–H and O–H groups in total. The van der Waals surface area contributed by atoms with E-state index in [2.05, 4.69) is 17.6 Å². The van der Waals surface area contributed by atoms with Gasteiger partial charge in [0.1, 0.15) is 6.04 Å². The first kappa shape index (κ1) is 27.5. The number of carbonyl (C=O) groups excluding carboxylic acids is 3. The number of aliphatic hydroxyl groups is 1. The molecule has 5 rings (SSSR count). The Labute approximate surface area is 230 Å². The summed E-state index contributed by atoms with van der Waals surface area (Å²) in [4.78, 5) is 44.0. The number of hydrogen-bond acceptors (Lipinski definition) is 5. The highest BCUT2D eigenvalue weighted by atomic mass is 32.2. The summed E-state index contributed by atoms with van der Waals surface area (Å²) in [7, 11) is 0. The van der Waals surface area contributed by atoms with Crippen LogP contribution in [0.15, 0.2) is 30.3 Å². The second-order valence-electron chi connectivity index (χ2n) is 12.2. The third-order valence-electron chi connectivity index (χ3n) is 9.85. The number of fused-ring (bicyclic) bond motifs is 1. The summed E-state index contributed by atoms with van der Waals surface area (Å²) in [5.41, 5.74) is 1.01. The molecule has 0 radical (unpaired) electrons. The number of aliphatic hydroxyl groups excluding tert-OH is 1. The van der Waals surface area contributed by atoms with Crippen molar-refractivity contribution < 1.29 is 19.5 Å². The van der Waals surface area contributed by atoms with E-state index in [0.717, 1.165) is 50.5 Å². The monoisotopic (exact) mass is 541 g/mol. The number of benzene rings is 1. The van der Waals surface area contributed by atoms with Gasteiger partial charge >= 0.3 is 0 Å². The molecule has 208 valence electrons. The SMILES string of the molecule is CC[C@H](C)[C@H](CO)N1C(=O)[C@@H]2[C@@H](C(=O)NCc3ccccc3)[C@@]3(C)CCC2(S3)C1C(=O)NC1CCCCC1. The van der Waals surface area contributed by atoms with E-state index in [0.29, 0.717) is 6.54 Å². The van der Waals surface area contributed by atoms with Gasteiger partial charge in [0.2, 0.25) is 17.7 Å². The van der Waals surface area contributed by atoms with E-state index in [-0.39, 0.29) is 36.3 Å². The van der Waals surface area contributed by atoms with Gasteiger partial charge in [-0.1, -0.05) is 69.9 Å². The van der Waals surface area contributed by atoms with Crippen LogP contribution < -0.4 is 10.6 Å². The lowest BCUT2D eigenvalue weighted by atomic mass is 9.66. The molecule has 1 spiro atoms. The van der Waals surface area contributed by atoms with Crippen LogP contribution in [0.1, 0.15) is 77.7 Å². The number of thioether (sulfide) groups is 1. The van der Waals surface area contributed by atoms with E-state index in [1.54, 1.807) is 16.7 Å². The summed E-state index contributed by atoms with van der Waals surface area (Å²) in [6, 6.07) is 8.80. The highest BCUT2D eigenvalue weighted by molar-refractivity contribution is 8.02. The summed E-state index contributed by atoms with van der Waals surface area (Å²) >= 11 is 1.70. The molecule has 3 saturated heterocycles. The average molecular weight is 542 g/mol. The number of carbonyl (C=O) groups is 3. The third-order valence-corrected chi connectivity index (χ3v) is 11.8. The highest BCUT2D eigenvalue weighted by Crippen LogP contribution is 2.71. The minimum absolute atomic E-state index is 0.0345. The van der Waals surface area contributed by atoms with Crippen LogP contribution in [-0.4, -0.2) is 62.0 Å². The van der Waals surface area contributed by atoms with Crippen LogP contribution in [0.25, 0.3) is 0 Å². The van der Waals surface area contributed by atoms with Crippen molar-refractivity contribution in [2.75, 3.05) is 6.61 Å². The molecule has 1 aromatic rings. The van der Waals surface area contributed by atoms with E-state index < -0.39 is 33.4 Å². The number of amides is 3. The Balaban J connectivity index is 1.48. The zero-order chi connectivity index (χ0) is 27.1. The van der Waals surface area contributed by atoms with Crippen LogP contribution in [0.5, 0.6) is 0 Å². The normalized spacial score (nSPS) is 34.2. The van der Waals surface area contributed by atoms with Gasteiger partial charge in [-0.25, -0.2) is 0 Å². The standard InChI is InChI=1S/C30H43N3O4S/c1-4-19(2)22(18-34)33-25(27(36)32-21-13-9-6-10-14-21)30-16-15-29(3,38-30)23(24(30)28(33)37)26(35)31-17-20-11-7-5-8-12-20/h5,7-8,11-12,19,21-25,34H,4,6,9-10,13-18H2,1-3H3,(H,31,35)(H,32,36)/t19-,22-,23-,24-,25?,29+,30?/m0/s1. The van der Waals surface area contributed by atoms with Crippen molar-refractivity contribution in [2.24, 2.45) is 17.8 Å². The van der Waals surface area contributed by atoms with Crippen molar-refractivity contribution in [3.63, 3.8) is 0 Å². The summed E-state index contributed by atoms with van der Waals surface area (Å²) in [6.45, 7) is 6.40. The summed E-state index contributed by atoms with van der Waals surface area (Å²) < 4.78 is -1.05. The van der Waals surface area contributed by atoms with Gasteiger partial charge in [-0.05, 0) is 44.1 Å². The van der Waals surface area contributed by atoms with Crippen LogP contribution in [0.2, 0.25) is 0 Å². The quantitative estimate of drug-likeness (QED) is 0.443. The van der Waals surface area contributed by atoms with Crippen molar-refractivity contribution in [3.8, 4) is 0 Å². The van der Waals surface area contributed by atoms with Crippen LogP contribution in [0.4, 0.5) is 0 Å². The molecule has 38 heavy (non-hydrogen) atoms. The van der Waals surface area contributed by atoms with Crippen LogP contribution in [0, 0.1) is 17.8 Å². The predicted octanol–water partition coefficient (Wildman–Crippen LogP) is 3.64. The maximum atomic E-state index is 14.4. The number of nitrogens with one attached hydrogen (secondary N) is 2. The van der Waals surface area contributed by atoms with E-state index >= 15 is 0 Å². The lowest BCUT2D eigenvalue weighted by Gasteiger charge is -2.40. The molecule has 4 fully saturated rings. The molecular weight excluding hydrogens is 498 g/mol. The highest BCUT2D eigenvalue weighted by Gasteiger charge is 2.77. The van der Waals surface area contributed by atoms with Gasteiger partial charge in [0.25, 0.3) is 0 Å². The molecule has 1 aliphatic carbocycles. The van der Waals surface area contributed by atoms with Gasteiger partial charge in [0, 0.05) is 17.3 Å². The molecular formula is C30H43N3O4S. The predicted molar refractivity (Wildman–Crippen MR) is 149 cm³/mol. The second kappa shape index (κ2) is 10.8. The maximum Gasteiger partial charge on any atom is 0.244 e.